The number of rotatable bonds is 22. The number of hydrazine groups is 1. The minimum Gasteiger partial charge on any atom is -0.505 e. The van der Waals surface area contributed by atoms with Gasteiger partial charge in [-0.25, -0.2) is 0 Å². The molecule has 1 unspecified atom stereocenters. The SMILES string of the molecule is CCCCCCCCCCCCCCCCCCC1CC(=O)N(NC(=O)CCc2cc(-n3nc4ccccc4n3)c(O)c(C(C)(C)C)c2)C1=O. The van der Waals surface area contributed by atoms with Crippen LogP contribution < -0.4 is 5.43 Å². The van der Waals surface area contributed by atoms with E-state index in [4.69, 9.17) is 0 Å². The topological polar surface area (TPSA) is 117 Å². The molecule has 1 aliphatic heterocycles. The number of aromatic nitrogens is 3. The van der Waals surface area contributed by atoms with Crippen LogP contribution in [0, 0.1) is 5.92 Å². The van der Waals surface area contributed by atoms with Crippen LogP contribution in [0.2, 0.25) is 0 Å². The molecule has 0 radical (unpaired) electrons. The third-order valence-corrected chi connectivity index (χ3v) is 9.98. The molecular weight excluding hydrogens is 626 g/mol. The van der Waals surface area contributed by atoms with Crippen molar-refractivity contribution in [2.45, 2.75) is 162 Å². The van der Waals surface area contributed by atoms with Gasteiger partial charge in [-0.3, -0.25) is 19.8 Å². The number of amides is 3. The summed E-state index contributed by atoms with van der Waals surface area (Å²) >= 11 is 0. The standard InChI is InChI=1S/C41H61N5O4/c1-5-6-7-8-9-10-11-12-13-14-15-16-17-18-19-20-23-32-30-38(48)45(40(32)50)44-37(47)27-26-31-28-33(41(2,3)4)39(49)36(29-31)46-42-34-24-21-22-25-35(34)43-46/h21-22,24-25,28-29,32,49H,5-20,23,26-27,30H2,1-4H3,(H,44,47). The minimum atomic E-state index is -0.398. The number of benzene rings is 2. The second-order valence-corrected chi connectivity index (χ2v) is 15.3. The summed E-state index contributed by atoms with van der Waals surface area (Å²) in [7, 11) is 0. The van der Waals surface area contributed by atoms with E-state index in [1.165, 1.54) is 88.3 Å². The monoisotopic (exact) mass is 687 g/mol. The Kier molecular flexibility index (Phi) is 15.3. The summed E-state index contributed by atoms with van der Waals surface area (Å²) < 4.78 is 0. The number of phenolic OH excluding ortho intramolecular Hbond substituents is 1. The van der Waals surface area contributed by atoms with Gasteiger partial charge < -0.3 is 5.11 Å². The molecule has 1 atom stereocenters. The molecule has 50 heavy (non-hydrogen) atoms. The van der Waals surface area contributed by atoms with E-state index in [1.54, 1.807) is 6.07 Å². The Labute approximate surface area is 299 Å². The third kappa shape index (κ3) is 11.7. The van der Waals surface area contributed by atoms with Crippen LogP contribution in [0.3, 0.4) is 0 Å². The summed E-state index contributed by atoms with van der Waals surface area (Å²) in [6.07, 6.45) is 22.0. The van der Waals surface area contributed by atoms with Gasteiger partial charge in [0.05, 0.1) is 0 Å². The van der Waals surface area contributed by atoms with Crippen LogP contribution in [0.25, 0.3) is 16.7 Å². The van der Waals surface area contributed by atoms with Crippen LogP contribution in [-0.4, -0.2) is 42.8 Å². The van der Waals surface area contributed by atoms with Gasteiger partial charge in [-0.2, -0.15) is 5.01 Å². The number of carbonyl (C=O) groups is 3. The maximum absolute atomic E-state index is 13.0. The van der Waals surface area contributed by atoms with E-state index in [0.717, 1.165) is 29.8 Å². The van der Waals surface area contributed by atoms with E-state index in [2.05, 4.69) is 22.5 Å². The summed E-state index contributed by atoms with van der Waals surface area (Å²) in [5.41, 5.74) is 5.59. The van der Waals surface area contributed by atoms with Crippen molar-refractivity contribution in [1.29, 1.82) is 0 Å². The second-order valence-electron chi connectivity index (χ2n) is 15.3. The summed E-state index contributed by atoms with van der Waals surface area (Å²) in [6.45, 7) is 8.30. The quantitative estimate of drug-likeness (QED) is 0.0803. The van der Waals surface area contributed by atoms with Crippen molar-refractivity contribution in [2.75, 3.05) is 0 Å². The minimum absolute atomic E-state index is 0.0726. The number of carbonyl (C=O) groups excluding carboxylic acids is 3. The molecule has 0 saturated carbocycles. The molecule has 0 bridgehead atoms. The van der Waals surface area contributed by atoms with Gasteiger partial charge in [-0.15, -0.1) is 15.0 Å². The van der Waals surface area contributed by atoms with Crippen LogP contribution in [-0.2, 0) is 26.2 Å². The molecule has 0 spiro atoms. The fraction of sp³-hybridized carbons (Fsp3) is 0.634. The fourth-order valence-electron chi connectivity index (χ4n) is 6.93. The molecule has 274 valence electrons. The smallest absolute Gasteiger partial charge is 0.251 e. The first kappa shape index (κ1) is 39.0. The van der Waals surface area contributed by atoms with Gasteiger partial charge >= 0.3 is 0 Å². The van der Waals surface area contributed by atoms with Gasteiger partial charge in [0, 0.05) is 24.3 Å². The predicted octanol–water partition coefficient (Wildman–Crippen LogP) is 9.41. The van der Waals surface area contributed by atoms with Crippen LogP contribution >= 0.6 is 0 Å². The first-order chi connectivity index (χ1) is 24.1. The number of hydrogen-bond acceptors (Lipinski definition) is 6. The van der Waals surface area contributed by atoms with Crippen molar-refractivity contribution < 1.29 is 19.5 Å². The predicted molar refractivity (Wildman–Crippen MR) is 200 cm³/mol. The summed E-state index contributed by atoms with van der Waals surface area (Å²) in [5.74, 6) is -1.31. The average Bonchev–Trinajstić information content (AvgIpc) is 3.63. The molecule has 2 aromatic carbocycles. The lowest BCUT2D eigenvalue weighted by atomic mass is 9.84. The lowest BCUT2D eigenvalue weighted by Crippen LogP contribution is -2.46. The van der Waals surface area contributed by atoms with Crippen molar-refractivity contribution in [1.82, 2.24) is 25.4 Å². The molecule has 0 aliphatic carbocycles. The molecule has 1 aromatic heterocycles. The molecule has 1 saturated heterocycles. The Balaban J connectivity index is 1.15. The van der Waals surface area contributed by atoms with E-state index < -0.39 is 5.91 Å². The molecule has 4 rings (SSSR count). The number of nitrogens with one attached hydrogen (secondary N) is 1. The highest BCUT2D eigenvalue weighted by Crippen LogP contribution is 2.36. The molecular formula is C41H61N5O4. The highest BCUT2D eigenvalue weighted by molar-refractivity contribution is 6.04. The van der Waals surface area contributed by atoms with Crippen LogP contribution in [0.1, 0.15) is 161 Å². The van der Waals surface area contributed by atoms with Gasteiger partial charge in [-0.1, -0.05) is 149 Å². The Hall–Kier alpha value is -3.75. The summed E-state index contributed by atoms with van der Waals surface area (Å²) in [4.78, 5) is 40.1. The molecule has 1 aliphatic rings. The van der Waals surface area contributed by atoms with Crippen molar-refractivity contribution in [3.8, 4) is 11.4 Å². The van der Waals surface area contributed by atoms with Gasteiger partial charge in [-0.05, 0) is 42.0 Å². The van der Waals surface area contributed by atoms with Gasteiger partial charge in [0.2, 0.25) is 11.8 Å². The normalized spacial score (nSPS) is 15.0. The van der Waals surface area contributed by atoms with Crippen molar-refractivity contribution in [3.05, 3.63) is 47.5 Å². The number of nitrogens with zero attached hydrogens (tertiary/aromatic N) is 4. The molecule has 2 N–H and O–H groups in total. The number of fused-ring (bicyclic) bond motifs is 1. The Morgan fingerprint density at radius 1 is 0.820 bits per heavy atom. The summed E-state index contributed by atoms with van der Waals surface area (Å²) in [5, 5.41) is 21.2. The van der Waals surface area contributed by atoms with E-state index in [9.17, 15) is 19.5 Å². The highest BCUT2D eigenvalue weighted by Gasteiger charge is 2.39. The first-order valence-corrected chi connectivity index (χ1v) is 19.4. The van der Waals surface area contributed by atoms with Crippen molar-refractivity contribution in [2.24, 2.45) is 5.92 Å². The molecule has 9 heteroatoms. The van der Waals surface area contributed by atoms with Gasteiger partial charge in [0.25, 0.3) is 5.91 Å². The van der Waals surface area contributed by atoms with Crippen molar-refractivity contribution in [3.63, 3.8) is 0 Å². The lowest BCUT2D eigenvalue weighted by Gasteiger charge is -2.23. The Morgan fingerprint density at radius 2 is 1.34 bits per heavy atom. The zero-order chi connectivity index (χ0) is 35.9. The van der Waals surface area contributed by atoms with E-state index in [-0.39, 0.29) is 41.7 Å². The van der Waals surface area contributed by atoms with Gasteiger partial charge in [0.15, 0.2) is 0 Å². The zero-order valence-electron chi connectivity index (χ0n) is 31.1. The maximum atomic E-state index is 13.0. The molecule has 3 aromatic rings. The maximum Gasteiger partial charge on any atom is 0.251 e. The number of imide groups is 1. The van der Waals surface area contributed by atoms with Crippen LogP contribution in [0.4, 0.5) is 0 Å². The third-order valence-electron chi connectivity index (χ3n) is 9.98. The van der Waals surface area contributed by atoms with E-state index in [0.29, 0.717) is 35.1 Å². The average molecular weight is 688 g/mol. The second kappa shape index (κ2) is 19.6. The van der Waals surface area contributed by atoms with Crippen LogP contribution in [0.15, 0.2) is 36.4 Å². The fourth-order valence-corrected chi connectivity index (χ4v) is 6.93. The number of phenols is 1. The molecule has 2 heterocycles. The first-order valence-electron chi connectivity index (χ1n) is 19.4. The number of aryl methyl sites for hydroxylation is 1. The molecule has 3 amide bonds. The van der Waals surface area contributed by atoms with Crippen molar-refractivity contribution >= 4 is 28.8 Å². The van der Waals surface area contributed by atoms with E-state index in [1.807, 2.05) is 51.1 Å². The zero-order valence-corrected chi connectivity index (χ0v) is 31.1. The molecule has 1 fully saturated rings. The Morgan fingerprint density at radius 3 is 1.86 bits per heavy atom. The lowest BCUT2D eigenvalue weighted by molar-refractivity contribution is -0.148. The van der Waals surface area contributed by atoms with Gasteiger partial charge in [0.1, 0.15) is 22.5 Å². The number of unbranched alkanes of at least 4 members (excludes halogenated alkanes) is 15. The largest absolute Gasteiger partial charge is 0.505 e. The highest BCUT2D eigenvalue weighted by atomic mass is 16.3. The van der Waals surface area contributed by atoms with Crippen LogP contribution in [0.5, 0.6) is 5.75 Å². The molecule has 9 nitrogen and oxygen atoms in total. The number of aromatic hydroxyl groups is 1. The van der Waals surface area contributed by atoms with E-state index >= 15 is 0 Å². The Bertz CT molecular complexity index is 1510. The summed E-state index contributed by atoms with van der Waals surface area (Å²) in [6, 6.07) is 11.2. The number of hydrogen-bond donors (Lipinski definition) is 2.